The molecule has 5 heteroatoms. The van der Waals surface area contributed by atoms with Crippen molar-refractivity contribution in [2.24, 2.45) is 0 Å². The molecule has 0 aliphatic rings. The second kappa shape index (κ2) is 6.96. The Labute approximate surface area is 108 Å². The maximum absolute atomic E-state index is 11.4. The Kier molecular flexibility index (Phi) is 5.58. The number of hydrogen-bond donors (Lipinski definition) is 1. The molecule has 0 fully saturated rings. The van der Waals surface area contributed by atoms with E-state index in [1.807, 2.05) is 27.1 Å². The summed E-state index contributed by atoms with van der Waals surface area (Å²) in [5, 5.41) is 3.11. The molecule has 1 aromatic rings. The average molecular weight is 251 g/mol. The topological polar surface area (TPSA) is 54.5 Å². The van der Waals surface area contributed by atoms with E-state index >= 15 is 0 Å². The average Bonchev–Trinajstić information content (AvgIpc) is 2.38. The van der Waals surface area contributed by atoms with Crippen LogP contribution in [0.4, 0.5) is 5.82 Å². The number of nitrogens with one attached hydrogen (secondary N) is 1. The molecular formula is C13H21N3O2. The van der Waals surface area contributed by atoms with E-state index in [0.717, 1.165) is 25.3 Å². The predicted molar refractivity (Wildman–Crippen MR) is 72.1 cm³/mol. The molecule has 5 nitrogen and oxygen atoms in total. The fourth-order valence-electron chi connectivity index (χ4n) is 1.69. The third-order valence-electron chi connectivity index (χ3n) is 2.79. The fraction of sp³-hybridized carbons (Fsp3) is 0.538. The van der Waals surface area contributed by atoms with Gasteiger partial charge in [-0.15, -0.1) is 0 Å². The number of carbonyl (C=O) groups excluding carboxylic acids is 1. The number of ether oxygens (including phenoxy) is 1. The van der Waals surface area contributed by atoms with Crippen LogP contribution in [0.3, 0.4) is 0 Å². The largest absolute Gasteiger partial charge is 0.465 e. The molecule has 18 heavy (non-hydrogen) atoms. The Bertz CT molecular complexity index is 407. The van der Waals surface area contributed by atoms with E-state index in [0.29, 0.717) is 11.3 Å². The van der Waals surface area contributed by atoms with Gasteiger partial charge in [0.15, 0.2) is 0 Å². The summed E-state index contributed by atoms with van der Waals surface area (Å²) in [5.41, 5.74) is 1.21. The minimum atomic E-state index is -0.343. The van der Waals surface area contributed by atoms with Crippen molar-refractivity contribution in [1.29, 1.82) is 0 Å². The van der Waals surface area contributed by atoms with E-state index in [9.17, 15) is 4.79 Å². The summed E-state index contributed by atoms with van der Waals surface area (Å²) >= 11 is 0. The smallest absolute Gasteiger partial charge is 0.339 e. The van der Waals surface area contributed by atoms with Gasteiger partial charge < -0.3 is 15.0 Å². The quantitative estimate of drug-likeness (QED) is 0.608. The molecule has 100 valence electrons. The maximum Gasteiger partial charge on any atom is 0.339 e. The molecule has 1 heterocycles. The molecule has 0 atom stereocenters. The third kappa shape index (κ3) is 3.70. The van der Waals surface area contributed by atoms with Crippen LogP contribution in [0.15, 0.2) is 12.1 Å². The summed E-state index contributed by atoms with van der Waals surface area (Å²) in [6, 6.07) is 3.61. The van der Waals surface area contributed by atoms with Crippen LogP contribution in [0.25, 0.3) is 0 Å². The zero-order chi connectivity index (χ0) is 13.5. The van der Waals surface area contributed by atoms with E-state index in [4.69, 9.17) is 4.74 Å². The SMILES string of the molecule is CNCCCN(C)c1ccc(C(=O)OC)c(C)n1. The van der Waals surface area contributed by atoms with E-state index in [1.54, 1.807) is 6.07 Å². The number of esters is 1. The second-order valence-electron chi connectivity index (χ2n) is 4.17. The highest BCUT2D eigenvalue weighted by molar-refractivity contribution is 5.90. The molecule has 0 aliphatic carbocycles. The Hall–Kier alpha value is -1.62. The summed E-state index contributed by atoms with van der Waals surface area (Å²) < 4.78 is 4.70. The molecule has 0 aliphatic heterocycles. The normalized spacial score (nSPS) is 10.2. The lowest BCUT2D eigenvalue weighted by Gasteiger charge is -2.19. The van der Waals surface area contributed by atoms with Crippen LogP contribution in [-0.4, -0.2) is 45.2 Å². The van der Waals surface area contributed by atoms with Gasteiger partial charge in [-0.3, -0.25) is 0 Å². The monoisotopic (exact) mass is 251 g/mol. The number of pyridine rings is 1. The third-order valence-corrected chi connectivity index (χ3v) is 2.79. The number of nitrogens with zero attached hydrogens (tertiary/aromatic N) is 2. The minimum Gasteiger partial charge on any atom is -0.465 e. The lowest BCUT2D eigenvalue weighted by atomic mass is 10.2. The maximum atomic E-state index is 11.4. The van der Waals surface area contributed by atoms with Crippen LogP contribution in [0, 0.1) is 6.92 Å². The lowest BCUT2D eigenvalue weighted by Crippen LogP contribution is -2.23. The summed E-state index contributed by atoms with van der Waals surface area (Å²) in [4.78, 5) is 17.9. The van der Waals surface area contributed by atoms with Gasteiger partial charge in [0, 0.05) is 13.6 Å². The Morgan fingerprint density at radius 3 is 2.78 bits per heavy atom. The van der Waals surface area contributed by atoms with E-state index < -0.39 is 0 Å². The highest BCUT2D eigenvalue weighted by Crippen LogP contribution is 2.14. The second-order valence-corrected chi connectivity index (χ2v) is 4.17. The number of aryl methyl sites for hydroxylation is 1. The fourth-order valence-corrected chi connectivity index (χ4v) is 1.69. The molecule has 0 saturated heterocycles. The van der Waals surface area contributed by atoms with Crippen LogP contribution in [0.1, 0.15) is 22.5 Å². The first-order valence-corrected chi connectivity index (χ1v) is 6.01. The van der Waals surface area contributed by atoms with Crippen LogP contribution in [0.5, 0.6) is 0 Å². The first-order chi connectivity index (χ1) is 8.60. The van der Waals surface area contributed by atoms with Gasteiger partial charge in [-0.25, -0.2) is 9.78 Å². The van der Waals surface area contributed by atoms with Gasteiger partial charge in [0.2, 0.25) is 0 Å². The zero-order valence-corrected chi connectivity index (χ0v) is 11.5. The van der Waals surface area contributed by atoms with E-state index in [-0.39, 0.29) is 5.97 Å². The number of rotatable bonds is 6. The Balaban J connectivity index is 2.74. The lowest BCUT2D eigenvalue weighted by molar-refractivity contribution is 0.0599. The van der Waals surface area contributed by atoms with Crippen molar-refractivity contribution in [2.75, 3.05) is 39.2 Å². The molecule has 0 radical (unpaired) electrons. The Morgan fingerprint density at radius 2 is 2.22 bits per heavy atom. The standard InChI is InChI=1S/C13H21N3O2/c1-10-11(13(17)18-4)6-7-12(15-10)16(3)9-5-8-14-2/h6-7,14H,5,8-9H2,1-4H3. The molecule has 0 unspecified atom stereocenters. The van der Waals surface area contributed by atoms with Crippen LogP contribution in [0.2, 0.25) is 0 Å². The summed E-state index contributed by atoms with van der Waals surface area (Å²) in [6.45, 7) is 3.71. The first kappa shape index (κ1) is 14.4. The molecular weight excluding hydrogens is 230 g/mol. The molecule has 0 aromatic carbocycles. The van der Waals surface area contributed by atoms with Gasteiger partial charge in [-0.2, -0.15) is 0 Å². The number of hydrogen-bond acceptors (Lipinski definition) is 5. The summed E-state index contributed by atoms with van der Waals surface area (Å²) in [5.74, 6) is 0.528. The molecule has 0 bridgehead atoms. The van der Waals surface area contributed by atoms with Crippen molar-refractivity contribution >= 4 is 11.8 Å². The van der Waals surface area contributed by atoms with E-state index in [2.05, 4.69) is 15.2 Å². The van der Waals surface area contributed by atoms with Crippen molar-refractivity contribution in [1.82, 2.24) is 10.3 Å². The van der Waals surface area contributed by atoms with Crippen molar-refractivity contribution in [3.63, 3.8) is 0 Å². The van der Waals surface area contributed by atoms with Crippen LogP contribution >= 0.6 is 0 Å². The molecule has 0 amide bonds. The summed E-state index contributed by atoms with van der Waals surface area (Å²) in [7, 11) is 5.31. The van der Waals surface area contributed by atoms with Crippen molar-refractivity contribution in [3.8, 4) is 0 Å². The summed E-state index contributed by atoms with van der Waals surface area (Å²) in [6.07, 6.45) is 1.05. The number of aromatic nitrogens is 1. The number of methoxy groups -OCH3 is 1. The molecule has 1 rings (SSSR count). The van der Waals surface area contributed by atoms with Crippen LogP contribution in [-0.2, 0) is 4.74 Å². The van der Waals surface area contributed by atoms with Gasteiger partial charge >= 0.3 is 5.97 Å². The van der Waals surface area contributed by atoms with Crippen LogP contribution < -0.4 is 10.2 Å². The van der Waals surface area contributed by atoms with Crippen molar-refractivity contribution < 1.29 is 9.53 Å². The van der Waals surface area contributed by atoms with Gasteiger partial charge in [0.25, 0.3) is 0 Å². The highest BCUT2D eigenvalue weighted by atomic mass is 16.5. The Morgan fingerprint density at radius 1 is 1.50 bits per heavy atom. The molecule has 1 aromatic heterocycles. The van der Waals surface area contributed by atoms with Crippen molar-refractivity contribution in [3.05, 3.63) is 23.4 Å². The van der Waals surface area contributed by atoms with E-state index in [1.165, 1.54) is 7.11 Å². The van der Waals surface area contributed by atoms with Gasteiger partial charge in [0.05, 0.1) is 18.4 Å². The molecule has 0 spiro atoms. The number of carbonyl (C=O) groups is 1. The highest BCUT2D eigenvalue weighted by Gasteiger charge is 2.11. The minimum absolute atomic E-state index is 0.343. The zero-order valence-electron chi connectivity index (χ0n) is 11.5. The predicted octanol–water partition coefficient (Wildman–Crippen LogP) is 1.22. The van der Waals surface area contributed by atoms with Gasteiger partial charge in [-0.05, 0) is 39.1 Å². The van der Waals surface area contributed by atoms with Gasteiger partial charge in [0.1, 0.15) is 5.82 Å². The van der Waals surface area contributed by atoms with Gasteiger partial charge in [-0.1, -0.05) is 0 Å². The molecule has 0 saturated carbocycles. The number of anilines is 1. The van der Waals surface area contributed by atoms with Crippen molar-refractivity contribution in [2.45, 2.75) is 13.3 Å². The first-order valence-electron chi connectivity index (χ1n) is 6.01. The molecule has 1 N–H and O–H groups in total.